The Morgan fingerprint density at radius 3 is 2.53 bits per heavy atom. The molecule has 2 N–H and O–H groups in total. The molecule has 0 fully saturated rings. The number of benzene rings is 2. The highest BCUT2D eigenvalue weighted by Gasteiger charge is 2.26. The van der Waals surface area contributed by atoms with Gasteiger partial charge in [0.15, 0.2) is 17.2 Å². The van der Waals surface area contributed by atoms with Gasteiger partial charge in [-0.3, -0.25) is 14.7 Å². The van der Waals surface area contributed by atoms with Gasteiger partial charge in [0, 0.05) is 18.7 Å². The second-order valence-electron chi connectivity index (χ2n) is 8.68. The summed E-state index contributed by atoms with van der Waals surface area (Å²) in [6.45, 7) is 1.93. The van der Waals surface area contributed by atoms with Gasteiger partial charge < -0.3 is 23.6 Å². The molecule has 10 heteroatoms. The van der Waals surface area contributed by atoms with Crippen LogP contribution in [0.2, 0.25) is 0 Å². The van der Waals surface area contributed by atoms with Gasteiger partial charge in [0.25, 0.3) is 0 Å². The molecule has 2 aromatic carbocycles. The SMILES string of the molecule is COCc1nc(C(NC(=O)Cc2c(-c3ccc(OC)cc3)oc3c(=O)cc(C)oc23)c2ccccc2)n[nH]1. The van der Waals surface area contributed by atoms with E-state index < -0.39 is 6.04 Å². The van der Waals surface area contributed by atoms with Gasteiger partial charge in [-0.05, 0) is 36.8 Å². The van der Waals surface area contributed by atoms with Gasteiger partial charge in [0.1, 0.15) is 29.9 Å². The maximum atomic E-state index is 13.5. The standard InChI is InChI=1S/C28H26N4O6/c1-16-13-21(33)27-26(37-16)20(25(38-27)18-9-11-19(36-3)12-10-18)14-23(34)30-24(17-7-5-4-6-8-17)28-29-22(15-35-2)31-32-28/h4-13,24H,14-15H2,1-3H3,(H,30,34)(H,29,31,32). The molecule has 194 valence electrons. The van der Waals surface area contributed by atoms with Crippen LogP contribution < -0.4 is 15.5 Å². The average molecular weight is 515 g/mol. The summed E-state index contributed by atoms with van der Waals surface area (Å²) in [6.07, 6.45) is -0.112. The Balaban J connectivity index is 1.52. The lowest BCUT2D eigenvalue weighted by Crippen LogP contribution is -2.31. The number of H-pyrrole nitrogens is 1. The van der Waals surface area contributed by atoms with Crippen molar-refractivity contribution in [3.8, 4) is 17.1 Å². The van der Waals surface area contributed by atoms with E-state index in [1.54, 1.807) is 45.4 Å². The van der Waals surface area contributed by atoms with Crippen LogP contribution in [-0.2, 0) is 22.6 Å². The van der Waals surface area contributed by atoms with Gasteiger partial charge in [0.2, 0.25) is 16.9 Å². The Labute approximate surface area is 217 Å². The van der Waals surface area contributed by atoms with Crippen LogP contribution in [-0.4, -0.2) is 35.3 Å². The lowest BCUT2D eigenvalue weighted by atomic mass is 10.0. The summed E-state index contributed by atoms with van der Waals surface area (Å²) in [5, 5.41) is 10.2. The first-order valence-corrected chi connectivity index (χ1v) is 11.9. The summed E-state index contributed by atoms with van der Waals surface area (Å²) in [5.41, 5.74) is 1.92. The number of methoxy groups -OCH3 is 2. The Bertz CT molecular complexity index is 1620. The molecule has 0 spiro atoms. The topological polar surface area (TPSA) is 132 Å². The fourth-order valence-electron chi connectivity index (χ4n) is 4.25. The molecule has 3 heterocycles. The molecule has 10 nitrogen and oxygen atoms in total. The van der Waals surface area contributed by atoms with Crippen LogP contribution in [0.5, 0.6) is 5.75 Å². The smallest absolute Gasteiger partial charge is 0.228 e. The first-order valence-electron chi connectivity index (χ1n) is 11.9. The minimum Gasteiger partial charge on any atom is -0.497 e. The summed E-state index contributed by atoms with van der Waals surface area (Å²) in [7, 11) is 3.14. The summed E-state index contributed by atoms with van der Waals surface area (Å²) in [5.74, 6) is 2.06. The number of rotatable bonds is 9. The number of ether oxygens (including phenoxy) is 2. The number of aromatic amines is 1. The predicted octanol–water partition coefficient (Wildman–Crippen LogP) is 4.08. The third-order valence-electron chi connectivity index (χ3n) is 6.00. The van der Waals surface area contributed by atoms with Crippen molar-refractivity contribution in [1.82, 2.24) is 20.5 Å². The van der Waals surface area contributed by atoms with E-state index in [0.717, 1.165) is 5.56 Å². The second-order valence-corrected chi connectivity index (χ2v) is 8.68. The lowest BCUT2D eigenvalue weighted by molar-refractivity contribution is -0.121. The van der Waals surface area contributed by atoms with Crippen molar-refractivity contribution in [2.24, 2.45) is 0 Å². The number of aromatic nitrogens is 3. The van der Waals surface area contributed by atoms with Crippen LogP contribution in [0.15, 0.2) is 74.3 Å². The quantitative estimate of drug-likeness (QED) is 0.301. The second kappa shape index (κ2) is 10.7. The van der Waals surface area contributed by atoms with E-state index in [0.29, 0.717) is 40.0 Å². The molecular formula is C28H26N4O6. The van der Waals surface area contributed by atoms with Crippen molar-refractivity contribution in [2.75, 3.05) is 14.2 Å². The fourth-order valence-corrected chi connectivity index (χ4v) is 4.25. The molecule has 0 radical (unpaired) electrons. The van der Waals surface area contributed by atoms with E-state index in [1.165, 1.54) is 6.07 Å². The number of hydrogen-bond acceptors (Lipinski definition) is 8. The number of nitrogens with zero attached hydrogens (tertiary/aromatic N) is 2. The highest BCUT2D eigenvalue weighted by atomic mass is 16.5. The largest absolute Gasteiger partial charge is 0.497 e. The van der Waals surface area contributed by atoms with E-state index in [2.05, 4.69) is 20.5 Å². The maximum absolute atomic E-state index is 13.5. The first kappa shape index (κ1) is 25.0. The summed E-state index contributed by atoms with van der Waals surface area (Å²) in [4.78, 5) is 30.7. The zero-order valence-corrected chi connectivity index (χ0v) is 21.1. The van der Waals surface area contributed by atoms with Gasteiger partial charge in [-0.15, -0.1) is 0 Å². The summed E-state index contributed by atoms with van der Waals surface area (Å²) in [6, 6.07) is 17.3. The van der Waals surface area contributed by atoms with Gasteiger partial charge in [0.05, 0.1) is 19.1 Å². The molecule has 5 rings (SSSR count). The monoisotopic (exact) mass is 514 g/mol. The highest BCUT2D eigenvalue weighted by Crippen LogP contribution is 2.34. The molecule has 0 saturated heterocycles. The van der Waals surface area contributed by atoms with E-state index >= 15 is 0 Å². The molecular weight excluding hydrogens is 488 g/mol. The molecule has 0 saturated carbocycles. The number of carbonyl (C=O) groups is 1. The van der Waals surface area contributed by atoms with Gasteiger partial charge in [-0.25, -0.2) is 4.98 Å². The number of aryl methyl sites for hydroxylation is 1. The highest BCUT2D eigenvalue weighted by molar-refractivity contribution is 5.90. The zero-order valence-electron chi connectivity index (χ0n) is 21.1. The number of fused-ring (bicyclic) bond motifs is 1. The van der Waals surface area contributed by atoms with Crippen LogP contribution in [0.4, 0.5) is 0 Å². The molecule has 0 aliphatic carbocycles. The van der Waals surface area contributed by atoms with E-state index in [9.17, 15) is 9.59 Å². The summed E-state index contributed by atoms with van der Waals surface area (Å²) < 4.78 is 22.2. The number of carbonyl (C=O) groups excluding carboxylic acids is 1. The maximum Gasteiger partial charge on any atom is 0.228 e. The Hall–Kier alpha value is -4.70. The van der Waals surface area contributed by atoms with E-state index in [1.807, 2.05) is 30.3 Å². The molecule has 1 atom stereocenters. The molecule has 1 amide bonds. The third kappa shape index (κ3) is 5.07. The average Bonchev–Trinajstić information content (AvgIpc) is 3.53. The van der Waals surface area contributed by atoms with Crippen LogP contribution in [0.3, 0.4) is 0 Å². The molecule has 3 aromatic heterocycles. The van der Waals surface area contributed by atoms with Crippen LogP contribution in [0, 0.1) is 6.92 Å². The predicted molar refractivity (Wildman–Crippen MR) is 139 cm³/mol. The van der Waals surface area contributed by atoms with Crippen molar-refractivity contribution in [2.45, 2.75) is 26.0 Å². The van der Waals surface area contributed by atoms with Crippen LogP contribution >= 0.6 is 0 Å². The van der Waals surface area contributed by atoms with Gasteiger partial charge in [-0.1, -0.05) is 30.3 Å². The van der Waals surface area contributed by atoms with Crippen molar-refractivity contribution in [3.63, 3.8) is 0 Å². The number of hydrogen-bond donors (Lipinski definition) is 2. The summed E-state index contributed by atoms with van der Waals surface area (Å²) >= 11 is 0. The lowest BCUT2D eigenvalue weighted by Gasteiger charge is -2.16. The molecule has 5 aromatic rings. The van der Waals surface area contributed by atoms with Crippen molar-refractivity contribution >= 4 is 17.1 Å². The van der Waals surface area contributed by atoms with Crippen LogP contribution in [0.25, 0.3) is 22.5 Å². The number of furan rings is 1. The number of amides is 1. The first-order chi connectivity index (χ1) is 18.5. The van der Waals surface area contributed by atoms with Crippen molar-refractivity contribution < 1.29 is 23.1 Å². The van der Waals surface area contributed by atoms with Gasteiger partial charge in [-0.2, -0.15) is 5.10 Å². The molecule has 0 aliphatic rings. The molecule has 38 heavy (non-hydrogen) atoms. The minimum absolute atomic E-state index is 0.0574. The van der Waals surface area contributed by atoms with E-state index in [-0.39, 0.29) is 35.5 Å². The zero-order chi connectivity index (χ0) is 26.6. The normalized spacial score (nSPS) is 12.0. The van der Waals surface area contributed by atoms with E-state index in [4.69, 9.17) is 18.3 Å². The molecule has 0 bridgehead atoms. The minimum atomic E-state index is -0.623. The Morgan fingerprint density at radius 1 is 1.05 bits per heavy atom. The molecule has 0 aliphatic heterocycles. The Morgan fingerprint density at radius 2 is 1.82 bits per heavy atom. The Kier molecular flexibility index (Phi) is 7.05. The van der Waals surface area contributed by atoms with Gasteiger partial charge >= 0.3 is 0 Å². The van der Waals surface area contributed by atoms with Crippen LogP contribution in [0.1, 0.15) is 34.6 Å². The van der Waals surface area contributed by atoms with Crippen molar-refractivity contribution in [1.29, 1.82) is 0 Å². The number of nitrogens with one attached hydrogen (secondary N) is 2. The fraction of sp³-hybridized carbons (Fsp3) is 0.214. The third-order valence-corrected chi connectivity index (χ3v) is 6.00. The van der Waals surface area contributed by atoms with Crippen molar-refractivity contribution in [3.05, 3.63) is 99.4 Å². The molecule has 1 unspecified atom stereocenters.